The first-order chi connectivity index (χ1) is 8.54. The molecule has 1 fully saturated rings. The fourth-order valence-electron chi connectivity index (χ4n) is 2.09. The number of hydrogen-bond donors (Lipinski definition) is 4. The summed E-state index contributed by atoms with van der Waals surface area (Å²) in [6, 6.07) is 9.53. The number of amides is 1. The van der Waals surface area contributed by atoms with E-state index in [2.05, 4.69) is 10.6 Å². The Labute approximate surface area is 106 Å². The van der Waals surface area contributed by atoms with Gasteiger partial charge in [0.1, 0.15) is 11.6 Å². The smallest absolute Gasteiger partial charge is 0.243 e. The SMILES string of the molecule is C[C@@]1(C(=O)NCc2ccccc2)NC[C@@H](O)[C@H]1O. The van der Waals surface area contributed by atoms with Crippen LogP contribution in [-0.4, -0.2) is 40.4 Å². The summed E-state index contributed by atoms with van der Waals surface area (Å²) in [6.07, 6.45) is -1.99. The van der Waals surface area contributed by atoms with Crippen LogP contribution in [0.5, 0.6) is 0 Å². The lowest BCUT2D eigenvalue weighted by Gasteiger charge is -2.27. The average molecular weight is 250 g/mol. The van der Waals surface area contributed by atoms with Crippen LogP contribution in [0.2, 0.25) is 0 Å². The van der Waals surface area contributed by atoms with Crippen molar-refractivity contribution in [2.24, 2.45) is 0 Å². The molecule has 18 heavy (non-hydrogen) atoms. The Balaban J connectivity index is 1.96. The Bertz CT molecular complexity index is 424. The highest BCUT2D eigenvalue weighted by atomic mass is 16.3. The molecule has 0 unspecified atom stereocenters. The fraction of sp³-hybridized carbons (Fsp3) is 0.462. The quantitative estimate of drug-likeness (QED) is 0.577. The number of rotatable bonds is 3. The number of aliphatic hydroxyl groups is 2. The van der Waals surface area contributed by atoms with Crippen molar-refractivity contribution < 1.29 is 15.0 Å². The van der Waals surface area contributed by atoms with Gasteiger partial charge in [-0.2, -0.15) is 0 Å². The predicted octanol–water partition coefficient (Wildman–Crippen LogP) is -0.614. The number of carbonyl (C=O) groups excluding carboxylic acids is 1. The number of hydrogen-bond acceptors (Lipinski definition) is 4. The van der Waals surface area contributed by atoms with Gasteiger partial charge in [0.2, 0.25) is 5.91 Å². The summed E-state index contributed by atoms with van der Waals surface area (Å²) >= 11 is 0. The number of carbonyl (C=O) groups is 1. The third-order valence-corrected chi connectivity index (χ3v) is 3.40. The van der Waals surface area contributed by atoms with Crippen LogP contribution >= 0.6 is 0 Å². The van der Waals surface area contributed by atoms with Gasteiger partial charge in [0, 0.05) is 13.1 Å². The maximum Gasteiger partial charge on any atom is 0.243 e. The molecular formula is C13H18N2O3. The Morgan fingerprint density at radius 2 is 2.11 bits per heavy atom. The van der Waals surface area contributed by atoms with Crippen LogP contribution in [0.1, 0.15) is 12.5 Å². The zero-order chi connectivity index (χ0) is 13.2. The molecule has 5 nitrogen and oxygen atoms in total. The first-order valence-electron chi connectivity index (χ1n) is 5.97. The summed E-state index contributed by atoms with van der Waals surface area (Å²) in [7, 11) is 0. The van der Waals surface area contributed by atoms with Gasteiger partial charge in [0.25, 0.3) is 0 Å². The zero-order valence-corrected chi connectivity index (χ0v) is 10.3. The number of aliphatic hydroxyl groups excluding tert-OH is 2. The molecule has 1 aliphatic rings. The Morgan fingerprint density at radius 1 is 1.44 bits per heavy atom. The highest BCUT2D eigenvalue weighted by molar-refractivity contribution is 5.87. The van der Waals surface area contributed by atoms with Gasteiger partial charge in [0.05, 0.1) is 6.10 Å². The second-order valence-electron chi connectivity index (χ2n) is 4.76. The van der Waals surface area contributed by atoms with Crippen molar-refractivity contribution in [3.05, 3.63) is 35.9 Å². The molecule has 1 aromatic rings. The van der Waals surface area contributed by atoms with E-state index >= 15 is 0 Å². The third-order valence-electron chi connectivity index (χ3n) is 3.40. The van der Waals surface area contributed by atoms with E-state index < -0.39 is 17.7 Å². The van der Waals surface area contributed by atoms with Crippen molar-refractivity contribution in [2.75, 3.05) is 6.54 Å². The van der Waals surface area contributed by atoms with E-state index in [1.165, 1.54) is 0 Å². The maximum atomic E-state index is 12.1. The summed E-state index contributed by atoms with van der Waals surface area (Å²) in [5.41, 5.74) is -0.142. The van der Waals surface area contributed by atoms with Crippen molar-refractivity contribution >= 4 is 5.91 Å². The number of nitrogens with one attached hydrogen (secondary N) is 2. The first kappa shape index (κ1) is 13.0. The van der Waals surface area contributed by atoms with Crippen LogP contribution in [0, 0.1) is 0 Å². The molecule has 2 rings (SSSR count). The molecule has 1 aliphatic heterocycles. The van der Waals surface area contributed by atoms with Crippen LogP contribution in [0.3, 0.4) is 0 Å². The summed E-state index contributed by atoms with van der Waals surface area (Å²) < 4.78 is 0. The van der Waals surface area contributed by atoms with E-state index in [1.54, 1.807) is 6.92 Å². The lowest BCUT2D eigenvalue weighted by molar-refractivity contribution is -0.131. The Hall–Kier alpha value is -1.43. The molecule has 3 atom stereocenters. The van der Waals surface area contributed by atoms with Gasteiger partial charge in [-0.1, -0.05) is 30.3 Å². The van der Waals surface area contributed by atoms with Crippen molar-refractivity contribution in [1.82, 2.24) is 10.6 Å². The summed E-state index contributed by atoms with van der Waals surface area (Å²) in [5.74, 6) is -0.310. The molecule has 98 valence electrons. The minimum Gasteiger partial charge on any atom is -0.389 e. The van der Waals surface area contributed by atoms with Gasteiger partial charge in [-0.15, -0.1) is 0 Å². The molecule has 1 saturated heterocycles. The summed E-state index contributed by atoms with van der Waals surface area (Å²) in [6.45, 7) is 2.21. The van der Waals surface area contributed by atoms with E-state index in [1.807, 2.05) is 30.3 Å². The normalized spacial score (nSPS) is 31.3. The lowest BCUT2D eigenvalue weighted by atomic mass is 9.94. The van der Waals surface area contributed by atoms with Gasteiger partial charge < -0.3 is 15.5 Å². The molecule has 0 saturated carbocycles. The van der Waals surface area contributed by atoms with Crippen molar-refractivity contribution in [2.45, 2.75) is 31.2 Å². The predicted molar refractivity (Wildman–Crippen MR) is 66.7 cm³/mol. The molecule has 5 heteroatoms. The van der Waals surface area contributed by atoms with Crippen molar-refractivity contribution in [3.63, 3.8) is 0 Å². The minimum absolute atomic E-state index is 0.219. The van der Waals surface area contributed by atoms with Crippen LogP contribution in [0.15, 0.2) is 30.3 Å². The van der Waals surface area contributed by atoms with Gasteiger partial charge in [-0.25, -0.2) is 0 Å². The van der Waals surface area contributed by atoms with Crippen molar-refractivity contribution in [3.8, 4) is 0 Å². The van der Waals surface area contributed by atoms with Crippen LogP contribution < -0.4 is 10.6 Å². The highest BCUT2D eigenvalue weighted by Crippen LogP contribution is 2.20. The fourth-order valence-corrected chi connectivity index (χ4v) is 2.09. The molecule has 0 aromatic heterocycles. The van der Waals surface area contributed by atoms with E-state index in [4.69, 9.17) is 0 Å². The molecule has 1 aromatic carbocycles. The Morgan fingerprint density at radius 3 is 2.67 bits per heavy atom. The maximum absolute atomic E-state index is 12.1. The molecule has 0 bridgehead atoms. The van der Waals surface area contributed by atoms with Gasteiger partial charge in [-0.05, 0) is 12.5 Å². The van der Waals surface area contributed by atoms with Crippen LogP contribution in [0.25, 0.3) is 0 Å². The standard InChI is InChI=1S/C13H18N2O3/c1-13(11(17)10(16)8-15-13)12(18)14-7-9-5-3-2-4-6-9/h2-6,10-11,15-17H,7-8H2,1H3,(H,14,18)/t10-,11-,13-/m1/s1. The summed E-state index contributed by atoms with van der Waals surface area (Å²) in [4.78, 5) is 12.1. The molecule has 0 aliphatic carbocycles. The minimum atomic E-state index is -1.13. The number of β-amino-alcohol motifs (C(OH)–C–C–N with tert-alkyl or cyclic N) is 1. The first-order valence-corrected chi connectivity index (χ1v) is 5.97. The molecule has 1 amide bonds. The topological polar surface area (TPSA) is 81.6 Å². The van der Waals surface area contributed by atoms with Gasteiger partial charge >= 0.3 is 0 Å². The lowest BCUT2D eigenvalue weighted by Crippen LogP contribution is -2.57. The third kappa shape index (κ3) is 2.38. The molecule has 4 N–H and O–H groups in total. The monoisotopic (exact) mass is 250 g/mol. The van der Waals surface area contributed by atoms with E-state index in [0.717, 1.165) is 5.56 Å². The van der Waals surface area contributed by atoms with Gasteiger partial charge in [-0.3, -0.25) is 10.1 Å². The highest BCUT2D eigenvalue weighted by Gasteiger charge is 2.48. The molecular weight excluding hydrogens is 232 g/mol. The van der Waals surface area contributed by atoms with E-state index in [9.17, 15) is 15.0 Å². The summed E-state index contributed by atoms with van der Waals surface area (Å²) in [5, 5.41) is 24.9. The zero-order valence-electron chi connectivity index (χ0n) is 10.3. The largest absolute Gasteiger partial charge is 0.389 e. The van der Waals surface area contributed by atoms with Crippen molar-refractivity contribution in [1.29, 1.82) is 0 Å². The molecule has 1 heterocycles. The van der Waals surface area contributed by atoms with E-state index in [-0.39, 0.29) is 12.5 Å². The second kappa shape index (κ2) is 5.06. The molecule has 0 spiro atoms. The second-order valence-corrected chi connectivity index (χ2v) is 4.76. The number of benzene rings is 1. The average Bonchev–Trinajstić information content (AvgIpc) is 2.66. The van der Waals surface area contributed by atoms with E-state index in [0.29, 0.717) is 6.54 Å². The van der Waals surface area contributed by atoms with Crippen LogP contribution in [-0.2, 0) is 11.3 Å². The Kier molecular flexibility index (Phi) is 3.65. The molecule has 0 radical (unpaired) electrons. The van der Waals surface area contributed by atoms with Gasteiger partial charge in [0.15, 0.2) is 0 Å². The van der Waals surface area contributed by atoms with Crippen LogP contribution in [0.4, 0.5) is 0 Å².